The summed E-state index contributed by atoms with van der Waals surface area (Å²) in [5, 5.41) is 2.69. The van der Waals surface area contributed by atoms with Crippen molar-refractivity contribution in [3.63, 3.8) is 0 Å². The van der Waals surface area contributed by atoms with Crippen LogP contribution in [-0.2, 0) is 10.0 Å². The number of hydrogen-bond donors (Lipinski definition) is 1. The Morgan fingerprint density at radius 1 is 1.00 bits per heavy atom. The van der Waals surface area contributed by atoms with Gasteiger partial charge >= 0.3 is 0 Å². The molecule has 1 aromatic heterocycles. The molecule has 1 aliphatic rings. The van der Waals surface area contributed by atoms with Crippen LogP contribution in [-0.4, -0.2) is 31.1 Å². The molecule has 0 bridgehead atoms. The third-order valence-corrected chi connectivity index (χ3v) is 5.07. The van der Waals surface area contributed by atoms with E-state index in [4.69, 9.17) is 9.47 Å². The summed E-state index contributed by atoms with van der Waals surface area (Å²) in [5.41, 5.74) is 0.815. The topological polar surface area (TPSA) is 122 Å². The van der Waals surface area contributed by atoms with E-state index in [0.29, 0.717) is 22.7 Å². The van der Waals surface area contributed by atoms with Crippen molar-refractivity contribution < 1.29 is 22.7 Å². The Kier molecular flexibility index (Phi) is 4.53. The standard InChI is InChI=1S/C18H14N4O5S/c23-17(12-2-7-15-16(10-12)27-11-26-15)21-13-3-5-14(6-4-13)28(24,25)22-18-19-8-1-9-20-18/h1-10H,11H2,(H2,19,20,21,22,23)/p-1. The first-order valence-corrected chi connectivity index (χ1v) is 9.51. The first-order valence-electron chi connectivity index (χ1n) is 8.07. The van der Waals surface area contributed by atoms with Crippen molar-refractivity contribution in [3.05, 3.63) is 71.2 Å². The number of benzene rings is 2. The van der Waals surface area contributed by atoms with Gasteiger partial charge in [0, 0.05) is 17.2 Å². The number of hydrogen-bond acceptors (Lipinski definition) is 7. The summed E-state index contributed by atoms with van der Waals surface area (Å²) in [4.78, 5) is 19.9. The normalized spacial score (nSPS) is 12.4. The molecule has 1 amide bonds. The second kappa shape index (κ2) is 7.16. The fourth-order valence-electron chi connectivity index (χ4n) is 2.45. The maximum atomic E-state index is 12.4. The zero-order chi connectivity index (χ0) is 19.6. The summed E-state index contributed by atoms with van der Waals surface area (Å²) in [6.07, 6.45) is 2.80. The number of nitrogens with one attached hydrogen (secondary N) is 1. The number of sulfonamides is 1. The summed E-state index contributed by atoms with van der Waals surface area (Å²) >= 11 is 0. The Morgan fingerprint density at radius 3 is 2.46 bits per heavy atom. The SMILES string of the molecule is O=C(Nc1ccc(S(=O)(=O)[N-]c2ncccn2)cc1)c1ccc2c(c1)OCO2. The monoisotopic (exact) mass is 397 g/mol. The van der Waals surface area contributed by atoms with Crippen LogP contribution < -0.4 is 14.8 Å². The number of amides is 1. The first kappa shape index (κ1) is 17.7. The second-order valence-electron chi connectivity index (χ2n) is 5.66. The maximum Gasteiger partial charge on any atom is 0.255 e. The van der Waals surface area contributed by atoms with Crippen LogP contribution in [0.3, 0.4) is 0 Å². The van der Waals surface area contributed by atoms with Crippen LogP contribution in [0.2, 0.25) is 0 Å². The summed E-state index contributed by atoms with van der Waals surface area (Å²) in [7, 11) is -3.96. The summed E-state index contributed by atoms with van der Waals surface area (Å²) in [5.74, 6) is 0.565. The van der Waals surface area contributed by atoms with Crippen molar-refractivity contribution in [2.75, 3.05) is 12.1 Å². The Labute approximate surface area is 160 Å². The number of nitrogens with zero attached hydrogens (tertiary/aromatic N) is 3. The average molecular weight is 397 g/mol. The number of rotatable bonds is 5. The second-order valence-corrected chi connectivity index (χ2v) is 7.27. The van der Waals surface area contributed by atoms with Crippen LogP contribution in [0.25, 0.3) is 4.72 Å². The minimum atomic E-state index is -3.96. The molecule has 0 radical (unpaired) electrons. The van der Waals surface area contributed by atoms with Crippen LogP contribution in [0, 0.1) is 0 Å². The molecular formula is C18H13N4O5S-. The first-order chi connectivity index (χ1) is 13.5. The summed E-state index contributed by atoms with van der Waals surface area (Å²) in [6.45, 7) is 0.120. The van der Waals surface area contributed by atoms with Gasteiger partial charge in [-0.1, -0.05) is 6.07 Å². The van der Waals surface area contributed by atoms with Gasteiger partial charge in [0.1, 0.15) is 0 Å². The number of ether oxygens (including phenoxy) is 2. The fourth-order valence-corrected chi connectivity index (χ4v) is 3.34. The third kappa shape index (κ3) is 3.71. The molecule has 0 unspecified atom stereocenters. The molecule has 0 saturated carbocycles. The smallest absolute Gasteiger partial charge is 0.255 e. The molecule has 9 nitrogen and oxygen atoms in total. The molecule has 2 heterocycles. The van der Waals surface area contributed by atoms with Gasteiger partial charge in [0.05, 0.1) is 4.90 Å². The molecule has 0 aliphatic carbocycles. The maximum absolute atomic E-state index is 12.4. The lowest BCUT2D eigenvalue weighted by Crippen LogP contribution is -2.11. The van der Waals surface area contributed by atoms with E-state index in [2.05, 4.69) is 20.0 Å². The van der Waals surface area contributed by atoms with Crippen LogP contribution in [0.1, 0.15) is 10.4 Å². The van der Waals surface area contributed by atoms with Crippen LogP contribution in [0.4, 0.5) is 11.6 Å². The Balaban J connectivity index is 1.46. The molecule has 10 heteroatoms. The summed E-state index contributed by atoms with van der Waals surface area (Å²) in [6, 6.07) is 12.0. The average Bonchev–Trinajstić information content (AvgIpc) is 3.16. The highest BCUT2D eigenvalue weighted by Crippen LogP contribution is 2.32. The van der Waals surface area contributed by atoms with Crippen molar-refractivity contribution in [2.45, 2.75) is 4.90 Å². The molecule has 1 aliphatic heterocycles. The Bertz CT molecular complexity index is 1120. The number of anilines is 1. The van der Waals surface area contributed by atoms with Gasteiger partial charge < -0.3 is 24.8 Å². The highest BCUT2D eigenvalue weighted by molar-refractivity contribution is 7.94. The van der Waals surface area contributed by atoms with E-state index in [0.717, 1.165) is 0 Å². The quantitative estimate of drug-likeness (QED) is 0.702. The van der Waals surface area contributed by atoms with Crippen molar-refractivity contribution in [3.8, 4) is 11.5 Å². The van der Waals surface area contributed by atoms with Crippen molar-refractivity contribution in [1.82, 2.24) is 9.97 Å². The molecule has 3 aromatic rings. The van der Waals surface area contributed by atoms with E-state index in [1.54, 1.807) is 24.3 Å². The zero-order valence-corrected chi connectivity index (χ0v) is 15.1. The third-order valence-electron chi connectivity index (χ3n) is 3.80. The lowest BCUT2D eigenvalue weighted by Gasteiger charge is -2.12. The van der Waals surface area contributed by atoms with Gasteiger partial charge in [-0.3, -0.25) is 9.52 Å². The van der Waals surface area contributed by atoms with Crippen molar-refractivity contribution >= 4 is 27.6 Å². The highest BCUT2D eigenvalue weighted by atomic mass is 32.2. The van der Waals surface area contributed by atoms with Gasteiger partial charge in [0.25, 0.3) is 5.91 Å². The molecule has 1 N–H and O–H groups in total. The van der Waals surface area contributed by atoms with E-state index in [-0.39, 0.29) is 23.5 Å². The highest BCUT2D eigenvalue weighted by Gasteiger charge is 2.17. The number of carbonyl (C=O) groups is 1. The van der Waals surface area contributed by atoms with Gasteiger partial charge in [-0.05, 0) is 54.9 Å². The Hall–Kier alpha value is -3.66. The number of aromatic nitrogens is 2. The zero-order valence-electron chi connectivity index (χ0n) is 14.3. The summed E-state index contributed by atoms with van der Waals surface area (Å²) < 4.78 is 38.6. The van der Waals surface area contributed by atoms with Crippen molar-refractivity contribution in [1.29, 1.82) is 0 Å². The minimum absolute atomic E-state index is 0.0407. The van der Waals surface area contributed by atoms with Crippen LogP contribution >= 0.6 is 0 Å². The fraction of sp³-hybridized carbons (Fsp3) is 0.0556. The molecule has 0 saturated heterocycles. The van der Waals surface area contributed by atoms with Gasteiger partial charge in [-0.25, -0.2) is 8.42 Å². The van der Waals surface area contributed by atoms with Gasteiger partial charge in [0.2, 0.25) is 16.8 Å². The Morgan fingerprint density at radius 2 is 1.71 bits per heavy atom. The molecule has 4 rings (SSSR count). The molecule has 142 valence electrons. The van der Waals surface area contributed by atoms with E-state index < -0.39 is 10.0 Å². The van der Waals surface area contributed by atoms with Gasteiger partial charge in [0.15, 0.2) is 11.5 Å². The predicted octanol–water partition coefficient (Wildman–Crippen LogP) is 2.85. The molecule has 2 aromatic carbocycles. The minimum Gasteiger partial charge on any atom is -0.454 e. The predicted molar refractivity (Wildman–Crippen MR) is 99.2 cm³/mol. The lowest BCUT2D eigenvalue weighted by atomic mass is 10.2. The number of fused-ring (bicyclic) bond motifs is 1. The molecular weight excluding hydrogens is 384 g/mol. The van der Waals surface area contributed by atoms with Crippen LogP contribution in [0.5, 0.6) is 11.5 Å². The molecule has 0 fully saturated rings. The molecule has 28 heavy (non-hydrogen) atoms. The van der Waals surface area contributed by atoms with Gasteiger partial charge in [-0.2, -0.15) is 0 Å². The van der Waals surface area contributed by atoms with Crippen LogP contribution in [0.15, 0.2) is 65.8 Å². The molecule has 0 spiro atoms. The lowest BCUT2D eigenvalue weighted by molar-refractivity contribution is 0.102. The molecule has 0 atom stereocenters. The van der Waals surface area contributed by atoms with E-state index in [1.807, 2.05) is 0 Å². The van der Waals surface area contributed by atoms with E-state index in [1.165, 1.54) is 36.7 Å². The number of carbonyl (C=O) groups excluding carboxylic acids is 1. The van der Waals surface area contributed by atoms with E-state index in [9.17, 15) is 13.2 Å². The van der Waals surface area contributed by atoms with E-state index >= 15 is 0 Å². The largest absolute Gasteiger partial charge is 0.454 e. The van der Waals surface area contributed by atoms with Crippen molar-refractivity contribution in [2.24, 2.45) is 0 Å². The van der Waals surface area contributed by atoms with Gasteiger partial charge in [-0.15, -0.1) is 0 Å².